The van der Waals surface area contributed by atoms with E-state index in [1.165, 1.54) is 0 Å². The summed E-state index contributed by atoms with van der Waals surface area (Å²) >= 11 is 0. The molecular formula is C17H27NO4. The number of carbonyl (C=O) groups excluding carboxylic acids is 2. The smallest absolute Gasteiger partial charge is 0.420 e. The number of hydrogen-bond acceptors (Lipinski definition) is 4. The molecule has 5 nitrogen and oxygen atoms in total. The third-order valence-electron chi connectivity index (χ3n) is 2.64. The van der Waals surface area contributed by atoms with Crippen molar-refractivity contribution < 1.29 is 19.1 Å². The normalized spacial score (nSPS) is 15.1. The highest BCUT2D eigenvalue weighted by Gasteiger charge is 2.31. The number of amides is 2. The zero-order valence-corrected chi connectivity index (χ0v) is 14.4. The Morgan fingerprint density at radius 2 is 1.50 bits per heavy atom. The van der Waals surface area contributed by atoms with Gasteiger partial charge in [-0.2, -0.15) is 0 Å². The fourth-order valence-corrected chi connectivity index (χ4v) is 1.81. The van der Waals surface area contributed by atoms with Crippen molar-refractivity contribution in [1.29, 1.82) is 0 Å². The van der Waals surface area contributed by atoms with Gasteiger partial charge in [-0.25, -0.2) is 14.5 Å². The summed E-state index contributed by atoms with van der Waals surface area (Å²) in [5.41, 5.74) is -0.439. The first-order valence-electron chi connectivity index (χ1n) is 7.57. The zero-order valence-electron chi connectivity index (χ0n) is 14.4. The summed E-state index contributed by atoms with van der Waals surface area (Å²) in [6.07, 6.45) is 6.46. The monoisotopic (exact) mass is 309 g/mol. The van der Waals surface area contributed by atoms with Crippen LogP contribution in [0.5, 0.6) is 0 Å². The van der Waals surface area contributed by atoms with E-state index in [0.717, 1.165) is 23.3 Å². The van der Waals surface area contributed by atoms with Crippen molar-refractivity contribution in [2.75, 3.05) is 6.54 Å². The van der Waals surface area contributed by atoms with Gasteiger partial charge in [0.25, 0.3) is 0 Å². The molecule has 1 rings (SSSR count). The molecule has 1 aliphatic carbocycles. The predicted molar refractivity (Wildman–Crippen MR) is 85.6 cm³/mol. The Hall–Kier alpha value is -1.78. The van der Waals surface area contributed by atoms with E-state index >= 15 is 0 Å². The summed E-state index contributed by atoms with van der Waals surface area (Å²) in [6, 6.07) is 0. The molecule has 1 aliphatic rings. The second-order valence-corrected chi connectivity index (χ2v) is 7.31. The molecule has 124 valence electrons. The molecule has 5 heteroatoms. The van der Waals surface area contributed by atoms with Crippen molar-refractivity contribution in [3.63, 3.8) is 0 Å². The van der Waals surface area contributed by atoms with Crippen molar-refractivity contribution >= 4 is 12.2 Å². The fourth-order valence-electron chi connectivity index (χ4n) is 1.81. The average molecular weight is 309 g/mol. The van der Waals surface area contributed by atoms with Gasteiger partial charge in [0.15, 0.2) is 0 Å². The van der Waals surface area contributed by atoms with Crippen LogP contribution < -0.4 is 0 Å². The van der Waals surface area contributed by atoms with Crippen LogP contribution >= 0.6 is 0 Å². The summed E-state index contributed by atoms with van der Waals surface area (Å²) < 4.78 is 10.6. The number of ether oxygens (including phenoxy) is 2. The molecule has 0 aliphatic heterocycles. The molecule has 0 unspecified atom stereocenters. The van der Waals surface area contributed by atoms with Crippen LogP contribution in [0, 0.1) is 0 Å². The van der Waals surface area contributed by atoms with Gasteiger partial charge >= 0.3 is 12.2 Å². The van der Waals surface area contributed by atoms with Gasteiger partial charge in [0.2, 0.25) is 0 Å². The van der Waals surface area contributed by atoms with Crippen LogP contribution in [0.1, 0.15) is 54.4 Å². The molecule has 0 N–H and O–H groups in total. The lowest BCUT2D eigenvalue weighted by Crippen LogP contribution is -2.44. The molecule has 2 amide bonds. The lowest BCUT2D eigenvalue weighted by molar-refractivity contribution is 0.00336. The maximum atomic E-state index is 12.3. The van der Waals surface area contributed by atoms with Gasteiger partial charge in [-0.1, -0.05) is 18.2 Å². The second kappa shape index (κ2) is 6.99. The van der Waals surface area contributed by atoms with Crippen molar-refractivity contribution in [2.45, 2.75) is 65.6 Å². The van der Waals surface area contributed by atoms with Crippen molar-refractivity contribution in [3.05, 3.63) is 23.8 Å². The highest BCUT2D eigenvalue weighted by atomic mass is 16.6. The SMILES string of the molecule is CC(C)(C)OC(=O)N(CC1=CCCC=C1)C(=O)OC(C)(C)C. The van der Waals surface area contributed by atoms with Gasteiger partial charge in [-0.05, 0) is 60.0 Å². The Labute approximate surface area is 133 Å². The topological polar surface area (TPSA) is 55.8 Å². The number of carbonyl (C=O) groups is 2. The minimum atomic E-state index is -0.693. The van der Waals surface area contributed by atoms with Gasteiger partial charge in [0, 0.05) is 0 Å². The summed E-state index contributed by atoms with van der Waals surface area (Å²) in [6.45, 7) is 10.7. The van der Waals surface area contributed by atoms with Crippen molar-refractivity contribution in [2.24, 2.45) is 0 Å². The Morgan fingerprint density at radius 3 is 1.86 bits per heavy atom. The lowest BCUT2D eigenvalue weighted by Gasteiger charge is -2.29. The number of allylic oxidation sites excluding steroid dienone is 2. The second-order valence-electron chi connectivity index (χ2n) is 7.31. The number of nitrogens with zero attached hydrogens (tertiary/aromatic N) is 1. The molecular weight excluding hydrogens is 282 g/mol. The zero-order chi connectivity index (χ0) is 17.0. The van der Waals surface area contributed by atoms with Gasteiger partial charge < -0.3 is 9.47 Å². The maximum absolute atomic E-state index is 12.3. The third kappa shape index (κ3) is 6.78. The lowest BCUT2D eigenvalue weighted by atomic mass is 10.1. The standard InChI is InChI=1S/C17H27NO4/c1-16(2,3)21-14(19)18(15(20)22-17(4,5)6)12-13-10-8-7-9-11-13/h8,10-11H,7,9,12H2,1-6H3. The summed E-state index contributed by atoms with van der Waals surface area (Å²) in [4.78, 5) is 25.6. The fraction of sp³-hybridized carbons (Fsp3) is 0.647. The molecule has 0 fully saturated rings. The Bertz CT molecular complexity index is 450. The molecule has 0 radical (unpaired) electrons. The first-order valence-corrected chi connectivity index (χ1v) is 7.57. The van der Waals surface area contributed by atoms with E-state index in [2.05, 4.69) is 0 Å². The molecule has 0 saturated heterocycles. The van der Waals surface area contributed by atoms with Crippen LogP contribution in [0.15, 0.2) is 23.8 Å². The largest absolute Gasteiger partial charge is 0.443 e. The van der Waals surface area contributed by atoms with E-state index in [1.807, 2.05) is 18.2 Å². The number of rotatable bonds is 2. The third-order valence-corrected chi connectivity index (χ3v) is 2.64. The first kappa shape index (κ1) is 18.3. The molecule has 0 aromatic rings. The van der Waals surface area contributed by atoms with E-state index < -0.39 is 23.4 Å². The minimum Gasteiger partial charge on any atom is -0.443 e. The van der Waals surface area contributed by atoms with Crippen LogP contribution in [0.3, 0.4) is 0 Å². The number of imide groups is 1. The Kier molecular flexibility index (Phi) is 5.80. The molecule has 22 heavy (non-hydrogen) atoms. The van der Waals surface area contributed by atoms with Gasteiger partial charge in [-0.3, -0.25) is 0 Å². The van der Waals surface area contributed by atoms with Crippen LogP contribution in [0.2, 0.25) is 0 Å². The molecule has 0 bridgehead atoms. The number of hydrogen-bond donors (Lipinski definition) is 0. The Morgan fingerprint density at radius 1 is 1.00 bits per heavy atom. The van der Waals surface area contributed by atoms with Crippen LogP contribution in [-0.2, 0) is 9.47 Å². The van der Waals surface area contributed by atoms with E-state index in [9.17, 15) is 9.59 Å². The molecule has 0 heterocycles. The maximum Gasteiger partial charge on any atom is 0.420 e. The van der Waals surface area contributed by atoms with Crippen LogP contribution in [-0.4, -0.2) is 34.8 Å². The first-order chi connectivity index (χ1) is 9.98. The highest BCUT2D eigenvalue weighted by Crippen LogP contribution is 2.18. The molecule has 0 saturated carbocycles. The van der Waals surface area contributed by atoms with E-state index in [4.69, 9.17) is 9.47 Å². The quantitative estimate of drug-likeness (QED) is 0.757. The van der Waals surface area contributed by atoms with E-state index in [0.29, 0.717) is 0 Å². The van der Waals surface area contributed by atoms with Gasteiger partial charge in [-0.15, -0.1) is 0 Å². The average Bonchev–Trinajstić information content (AvgIpc) is 2.32. The summed E-state index contributed by atoms with van der Waals surface area (Å²) in [7, 11) is 0. The minimum absolute atomic E-state index is 0.153. The van der Waals surface area contributed by atoms with Crippen LogP contribution in [0.25, 0.3) is 0 Å². The molecule has 0 aromatic carbocycles. The molecule has 0 aromatic heterocycles. The van der Waals surface area contributed by atoms with Crippen molar-refractivity contribution in [3.8, 4) is 0 Å². The molecule has 0 spiro atoms. The summed E-state index contributed by atoms with van der Waals surface area (Å²) in [5.74, 6) is 0. The van der Waals surface area contributed by atoms with Gasteiger partial charge in [0.05, 0.1) is 6.54 Å². The van der Waals surface area contributed by atoms with Gasteiger partial charge in [0.1, 0.15) is 11.2 Å². The van der Waals surface area contributed by atoms with E-state index in [-0.39, 0.29) is 6.54 Å². The highest BCUT2D eigenvalue weighted by molar-refractivity contribution is 5.88. The molecule has 0 atom stereocenters. The summed E-state index contributed by atoms with van der Waals surface area (Å²) in [5, 5.41) is 0. The Balaban J connectivity index is 2.89. The van der Waals surface area contributed by atoms with E-state index in [1.54, 1.807) is 41.5 Å². The van der Waals surface area contributed by atoms with Crippen LogP contribution in [0.4, 0.5) is 9.59 Å². The predicted octanol–water partition coefficient (Wildman–Crippen LogP) is 4.44. The van der Waals surface area contributed by atoms with Crippen molar-refractivity contribution in [1.82, 2.24) is 4.90 Å².